The monoisotopic (exact) mass is 483 g/mol. The number of para-hydroxylation sites is 1. The first kappa shape index (κ1) is 24.7. The molecular weight excluding hydrogens is 458 g/mol. The molecule has 9 nitrogen and oxygen atoms in total. The summed E-state index contributed by atoms with van der Waals surface area (Å²) in [4.78, 5) is 51.3. The van der Waals surface area contributed by atoms with Crippen LogP contribution in [0.1, 0.15) is 40.4 Å². The number of amides is 3. The lowest BCUT2D eigenvalue weighted by Crippen LogP contribution is -2.34. The molecule has 0 aliphatic carbocycles. The van der Waals surface area contributed by atoms with E-state index in [1.807, 2.05) is 17.5 Å². The lowest BCUT2D eigenvalue weighted by atomic mass is 10.1. The molecule has 0 aliphatic heterocycles. The van der Waals surface area contributed by atoms with Crippen LogP contribution in [0.5, 0.6) is 0 Å². The van der Waals surface area contributed by atoms with Gasteiger partial charge >= 0.3 is 5.97 Å². The molecule has 1 aromatic carbocycles. The number of carbonyl (C=O) groups is 4. The molecule has 0 radical (unpaired) electrons. The topological polar surface area (TPSA) is 118 Å². The third kappa shape index (κ3) is 6.79. The number of hydrogen-bond acceptors (Lipinski definition) is 7. The highest BCUT2D eigenvalue weighted by Crippen LogP contribution is 2.23. The minimum Gasteiger partial charge on any atom is -0.467 e. The van der Waals surface area contributed by atoms with Gasteiger partial charge in [-0.05, 0) is 35.7 Å². The average Bonchev–Trinajstić information content (AvgIpc) is 3.54. The molecule has 0 aliphatic rings. The number of thiophene rings is 1. The fourth-order valence-electron chi connectivity index (χ4n) is 3.19. The molecule has 2 N–H and O–H groups in total. The Morgan fingerprint density at radius 2 is 1.88 bits per heavy atom. The summed E-state index contributed by atoms with van der Waals surface area (Å²) in [6.45, 7) is 1.07. The number of ether oxygens (including phenoxy) is 1. The number of esters is 1. The number of rotatable bonds is 10. The molecule has 178 valence electrons. The summed E-state index contributed by atoms with van der Waals surface area (Å²) in [6, 6.07) is 13.2. The van der Waals surface area contributed by atoms with Gasteiger partial charge in [-0.2, -0.15) is 0 Å². The third-order valence-corrected chi connectivity index (χ3v) is 5.86. The van der Waals surface area contributed by atoms with E-state index >= 15 is 0 Å². The Bertz CT molecular complexity index is 1130. The Labute approximate surface area is 200 Å². The molecule has 10 heteroatoms. The van der Waals surface area contributed by atoms with Crippen molar-refractivity contribution in [2.24, 2.45) is 0 Å². The lowest BCUT2D eigenvalue weighted by molar-refractivity contribution is -0.148. The van der Waals surface area contributed by atoms with Crippen molar-refractivity contribution >= 4 is 40.7 Å². The number of nitrogens with one attached hydrogen (secondary N) is 2. The predicted molar refractivity (Wildman–Crippen MR) is 126 cm³/mol. The minimum absolute atomic E-state index is 0.108. The number of anilines is 1. The number of nitrogens with zero attached hydrogens (tertiary/aromatic N) is 1. The van der Waals surface area contributed by atoms with E-state index in [-0.39, 0.29) is 24.8 Å². The summed E-state index contributed by atoms with van der Waals surface area (Å²) >= 11 is 1.41. The largest absolute Gasteiger partial charge is 0.467 e. The second kappa shape index (κ2) is 11.8. The molecule has 1 atom stereocenters. The van der Waals surface area contributed by atoms with Crippen LogP contribution in [0.4, 0.5) is 5.69 Å². The molecule has 3 amide bonds. The van der Waals surface area contributed by atoms with Gasteiger partial charge in [0.2, 0.25) is 5.91 Å². The molecule has 1 unspecified atom stereocenters. The van der Waals surface area contributed by atoms with Crippen molar-refractivity contribution in [1.29, 1.82) is 0 Å². The van der Waals surface area contributed by atoms with Gasteiger partial charge in [0.05, 0.1) is 36.5 Å². The normalized spacial score (nSPS) is 11.4. The van der Waals surface area contributed by atoms with E-state index in [1.165, 1.54) is 36.5 Å². The first-order valence-corrected chi connectivity index (χ1v) is 11.4. The fraction of sp³-hybridized carbons (Fsp3) is 0.250. The summed E-state index contributed by atoms with van der Waals surface area (Å²) in [5.74, 6) is -1.19. The van der Waals surface area contributed by atoms with E-state index < -0.39 is 24.5 Å². The summed E-state index contributed by atoms with van der Waals surface area (Å²) in [5, 5.41) is 7.31. The first-order valence-electron chi connectivity index (χ1n) is 10.5. The number of likely N-dealkylation sites (N-methyl/N-ethyl adjacent to an activating group) is 1. The maximum absolute atomic E-state index is 12.7. The summed E-state index contributed by atoms with van der Waals surface area (Å²) in [7, 11) is 1.50. The molecule has 0 saturated heterocycles. The van der Waals surface area contributed by atoms with Crippen molar-refractivity contribution in [2.75, 3.05) is 18.6 Å². The zero-order valence-corrected chi connectivity index (χ0v) is 19.6. The molecular formula is C24H25N3O6S. The van der Waals surface area contributed by atoms with Crippen LogP contribution in [0.15, 0.2) is 64.6 Å². The quantitative estimate of drug-likeness (QED) is 0.428. The number of carbonyl (C=O) groups excluding carboxylic acids is 4. The van der Waals surface area contributed by atoms with Crippen LogP contribution < -0.4 is 15.5 Å². The Morgan fingerprint density at radius 3 is 2.56 bits per heavy atom. The second-order valence-electron chi connectivity index (χ2n) is 7.37. The van der Waals surface area contributed by atoms with E-state index in [0.717, 1.165) is 4.88 Å². The van der Waals surface area contributed by atoms with Crippen molar-refractivity contribution in [2.45, 2.75) is 25.9 Å². The van der Waals surface area contributed by atoms with Crippen LogP contribution in [-0.4, -0.2) is 37.3 Å². The van der Waals surface area contributed by atoms with Gasteiger partial charge in [0.15, 0.2) is 6.61 Å². The highest BCUT2D eigenvalue weighted by atomic mass is 32.1. The van der Waals surface area contributed by atoms with E-state index in [0.29, 0.717) is 17.0 Å². The van der Waals surface area contributed by atoms with Crippen LogP contribution in [-0.2, 0) is 25.7 Å². The van der Waals surface area contributed by atoms with Crippen LogP contribution in [0, 0.1) is 0 Å². The van der Waals surface area contributed by atoms with Gasteiger partial charge in [0.1, 0.15) is 5.76 Å². The zero-order chi connectivity index (χ0) is 24.5. The van der Waals surface area contributed by atoms with Gasteiger partial charge in [-0.15, -0.1) is 11.3 Å². The average molecular weight is 484 g/mol. The van der Waals surface area contributed by atoms with Crippen LogP contribution in [0.3, 0.4) is 0 Å². The second-order valence-corrected chi connectivity index (χ2v) is 8.34. The summed E-state index contributed by atoms with van der Waals surface area (Å²) in [6.07, 6.45) is 1.41. The number of benzene rings is 1. The van der Waals surface area contributed by atoms with Crippen molar-refractivity contribution in [3.8, 4) is 0 Å². The first-order chi connectivity index (χ1) is 16.3. The van der Waals surface area contributed by atoms with Crippen molar-refractivity contribution < 1.29 is 28.3 Å². The Balaban J connectivity index is 1.58. The number of furan rings is 1. The Hall–Kier alpha value is -3.92. The predicted octanol–water partition coefficient (Wildman–Crippen LogP) is 3.04. The summed E-state index contributed by atoms with van der Waals surface area (Å²) < 4.78 is 10.4. The van der Waals surface area contributed by atoms with E-state index in [2.05, 4.69) is 10.6 Å². The Kier molecular flexibility index (Phi) is 8.58. The van der Waals surface area contributed by atoms with Crippen LogP contribution >= 0.6 is 11.3 Å². The van der Waals surface area contributed by atoms with Gasteiger partial charge in [0, 0.05) is 18.8 Å². The zero-order valence-electron chi connectivity index (χ0n) is 18.8. The molecule has 34 heavy (non-hydrogen) atoms. The standard InChI is InChI=1S/C24H25N3O6S/c1-16(28)26-19(21-10-6-12-34-21)13-23(30)33-15-22(29)27(2)20-9-4-3-8-18(20)24(31)25-14-17-7-5-11-32-17/h3-12,19H,13-15H2,1-2H3,(H,25,31)(H,26,28). The maximum Gasteiger partial charge on any atom is 0.308 e. The fourth-order valence-corrected chi connectivity index (χ4v) is 3.97. The van der Waals surface area contributed by atoms with Gasteiger partial charge < -0.3 is 24.7 Å². The molecule has 0 fully saturated rings. The molecule has 0 bridgehead atoms. The smallest absolute Gasteiger partial charge is 0.308 e. The highest BCUT2D eigenvalue weighted by Gasteiger charge is 2.22. The molecule has 0 spiro atoms. The van der Waals surface area contributed by atoms with Gasteiger partial charge in [-0.3, -0.25) is 19.2 Å². The van der Waals surface area contributed by atoms with E-state index in [1.54, 1.807) is 36.4 Å². The lowest BCUT2D eigenvalue weighted by Gasteiger charge is -2.21. The number of hydrogen-bond donors (Lipinski definition) is 2. The van der Waals surface area contributed by atoms with Crippen LogP contribution in [0.2, 0.25) is 0 Å². The third-order valence-electron chi connectivity index (χ3n) is 4.88. The highest BCUT2D eigenvalue weighted by molar-refractivity contribution is 7.10. The molecule has 3 rings (SSSR count). The molecule has 2 heterocycles. The van der Waals surface area contributed by atoms with E-state index in [4.69, 9.17) is 9.15 Å². The van der Waals surface area contributed by atoms with Gasteiger partial charge in [-0.1, -0.05) is 18.2 Å². The van der Waals surface area contributed by atoms with Gasteiger partial charge in [0.25, 0.3) is 11.8 Å². The molecule has 0 saturated carbocycles. The SMILES string of the molecule is CC(=O)NC(CC(=O)OCC(=O)N(C)c1ccccc1C(=O)NCc1ccco1)c1cccs1. The maximum atomic E-state index is 12.7. The minimum atomic E-state index is -0.627. The van der Waals surface area contributed by atoms with Crippen molar-refractivity contribution in [3.05, 3.63) is 76.4 Å². The molecule has 2 aromatic heterocycles. The van der Waals surface area contributed by atoms with E-state index in [9.17, 15) is 19.2 Å². The van der Waals surface area contributed by atoms with Crippen molar-refractivity contribution in [3.63, 3.8) is 0 Å². The summed E-state index contributed by atoms with van der Waals surface area (Å²) in [5.41, 5.74) is 0.662. The van der Waals surface area contributed by atoms with Gasteiger partial charge in [-0.25, -0.2) is 0 Å². The van der Waals surface area contributed by atoms with Crippen molar-refractivity contribution in [1.82, 2.24) is 10.6 Å². The van der Waals surface area contributed by atoms with Crippen LogP contribution in [0.25, 0.3) is 0 Å². The molecule has 3 aromatic rings. The Morgan fingerprint density at radius 1 is 1.09 bits per heavy atom.